The molecule has 12 nitrogen and oxygen atoms in total. The zero-order chi connectivity index (χ0) is 23.3. The van der Waals surface area contributed by atoms with E-state index in [1.807, 2.05) is 0 Å². The zero-order valence-corrected chi connectivity index (χ0v) is 17.7. The van der Waals surface area contributed by atoms with Gasteiger partial charge in [-0.1, -0.05) is 5.16 Å². The van der Waals surface area contributed by atoms with Crippen LogP contribution in [0.4, 0.5) is 5.82 Å². The number of benzene rings is 1. The van der Waals surface area contributed by atoms with Gasteiger partial charge in [0, 0.05) is 24.1 Å². The quantitative estimate of drug-likeness (QED) is 0.558. The highest BCUT2D eigenvalue weighted by Gasteiger charge is 2.36. The maximum atomic E-state index is 12.6. The lowest BCUT2D eigenvalue weighted by Gasteiger charge is -2.18. The van der Waals surface area contributed by atoms with Crippen LogP contribution >= 0.6 is 0 Å². The Morgan fingerprint density at radius 2 is 1.84 bits per heavy atom. The predicted molar refractivity (Wildman–Crippen MR) is 108 cm³/mol. The molecule has 170 valence electrons. The number of ether oxygens (including phenoxy) is 3. The van der Waals surface area contributed by atoms with Crippen LogP contribution in [-0.2, 0) is 19.1 Å². The van der Waals surface area contributed by atoms with E-state index in [0.29, 0.717) is 17.3 Å². The van der Waals surface area contributed by atoms with Gasteiger partial charge in [-0.15, -0.1) is 0 Å². The molecular formula is C20H22N4O8. The molecule has 0 radical (unpaired) electrons. The molecule has 0 spiro atoms. The Labute approximate surface area is 182 Å². The number of methoxy groups -OCH3 is 2. The number of aromatic nitrogens is 1. The van der Waals surface area contributed by atoms with E-state index in [1.54, 1.807) is 13.0 Å². The fraction of sp³-hybridized carbons (Fsp3) is 0.350. The average molecular weight is 446 g/mol. The molecule has 3 rings (SSSR count). The minimum absolute atomic E-state index is 0.0887. The average Bonchev–Trinajstić information content (AvgIpc) is 3.36. The van der Waals surface area contributed by atoms with E-state index in [0.717, 1.165) is 5.01 Å². The largest absolute Gasteiger partial charge is 0.497 e. The van der Waals surface area contributed by atoms with Crippen molar-refractivity contribution in [2.75, 3.05) is 32.7 Å². The first-order chi connectivity index (χ1) is 15.3. The van der Waals surface area contributed by atoms with Gasteiger partial charge < -0.3 is 24.1 Å². The van der Waals surface area contributed by atoms with E-state index < -0.39 is 36.2 Å². The van der Waals surface area contributed by atoms with Gasteiger partial charge in [0.05, 0.1) is 26.7 Å². The van der Waals surface area contributed by atoms with Crippen molar-refractivity contribution >= 4 is 29.5 Å². The highest BCUT2D eigenvalue weighted by Crippen LogP contribution is 2.23. The lowest BCUT2D eigenvalue weighted by Crippen LogP contribution is -2.43. The minimum Gasteiger partial charge on any atom is -0.497 e. The molecule has 3 amide bonds. The van der Waals surface area contributed by atoms with Crippen LogP contribution in [0.1, 0.15) is 22.5 Å². The first-order valence-electron chi connectivity index (χ1n) is 9.53. The Balaban J connectivity index is 1.52. The SMILES string of the molecule is COc1cc(OC)cc(C(=O)NN2C[C@H](C(=O)OCC(=O)Nc3cc(C)on3)CC2=O)c1. The van der Waals surface area contributed by atoms with E-state index in [9.17, 15) is 19.2 Å². The number of nitrogens with zero attached hydrogens (tertiary/aromatic N) is 2. The number of carbonyl (C=O) groups is 4. The predicted octanol–water partition coefficient (Wildman–Crippen LogP) is 0.675. The Morgan fingerprint density at radius 3 is 2.44 bits per heavy atom. The van der Waals surface area contributed by atoms with Gasteiger partial charge in [-0.3, -0.25) is 29.6 Å². The van der Waals surface area contributed by atoms with Crippen molar-refractivity contribution in [2.24, 2.45) is 5.92 Å². The smallest absolute Gasteiger partial charge is 0.311 e. The summed E-state index contributed by atoms with van der Waals surface area (Å²) in [5.41, 5.74) is 2.67. The van der Waals surface area contributed by atoms with Crippen LogP contribution in [0.5, 0.6) is 11.5 Å². The Bertz CT molecular complexity index is 1010. The Kier molecular flexibility index (Phi) is 6.93. The maximum absolute atomic E-state index is 12.6. The number of esters is 1. The molecule has 1 aliphatic rings. The van der Waals surface area contributed by atoms with Crippen LogP contribution in [0.3, 0.4) is 0 Å². The van der Waals surface area contributed by atoms with Crippen LogP contribution in [-0.4, -0.2) is 61.2 Å². The molecule has 2 N–H and O–H groups in total. The van der Waals surface area contributed by atoms with Crippen molar-refractivity contribution in [1.82, 2.24) is 15.6 Å². The molecule has 0 unspecified atom stereocenters. The summed E-state index contributed by atoms with van der Waals surface area (Å²) in [6.07, 6.45) is -0.162. The molecule has 2 heterocycles. The van der Waals surface area contributed by atoms with Crippen LogP contribution in [0.15, 0.2) is 28.8 Å². The third-order valence-electron chi connectivity index (χ3n) is 4.55. The fourth-order valence-corrected chi connectivity index (χ4v) is 2.96. The molecule has 12 heteroatoms. The summed E-state index contributed by atoms with van der Waals surface area (Å²) in [4.78, 5) is 48.9. The monoisotopic (exact) mass is 446 g/mol. The number of anilines is 1. The summed E-state index contributed by atoms with van der Waals surface area (Å²) in [5.74, 6) is -1.68. The standard InChI is InChI=1S/C20H22N4O8/c1-11-4-16(23-32-11)21-17(25)10-31-20(28)13-7-18(26)24(9-13)22-19(27)12-5-14(29-2)8-15(6-12)30-3/h4-6,8,13H,7,9-10H2,1-3H3,(H,22,27)(H,21,23,25)/t13-/m1/s1. The molecule has 0 aliphatic carbocycles. The number of hydrogen-bond acceptors (Lipinski definition) is 9. The lowest BCUT2D eigenvalue weighted by molar-refractivity contribution is -0.151. The van der Waals surface area contributed by atoms with Crippen LogP contribution in [0, 0.1) is 12.8 Å². The molecule has 1 atom stereocenters. The summed E-state index contributed by atoms with van der Waals surface area (Å²) in [7, 11) is 2.90. The van der Waals surface area contributed by atoms with Gasteiger partial charge in [0.15, 0.2) is 12.4 Å². The van der Waals surface area contributed by atoms with Gasteiger partial charge in [0.1, 0.15) is 17.3 Å². The van der Waals surface area contributed by atoms with Crippen molar-refractivity contribution in [3.63, 3.8) is 0 Å². The maximum Gasteiger partial charge on any atom is 0.311 e. The van der Waals surface area contributed by atoms with Gasteiger partial charge in [0.25, 0.3) is 11.8 Å². The second-order valence-electron chi connectivity index (χ2n) is 6.93. The van der Waals surface area contributed by atoms with E-state index >= 15 is 0 Å². The van der Waals surface area contributed by atoms with Crippen LogP contribution in [0.2, 0.25) is 0 Å². The number of rotatable bonds is 8. The number of hydrogen-bond donors (Lipinski definition) is 2. The van der Waals surface area contributed by atoms with Gasteiger partial charge in [-0.25, -0.2) is 0 Å². The number of aryl methyl sites for hydroxylation is 1. The second kappa shape index (κ2) is 9.81. The third-order valence-corrected chi connectivity index (χ3v) is 4.55. The minimum atomic E-state index is -0.829. The zero-order valence-electron chi connectivity index (χ0n) is 17.7. The van der Waals surface area contributed by atoms with Crippen molar-refractivity contribution in [3.05, 3.63) is 35.6 Å². The van der Waals surface area contributed by atoms with E-state index in [4.69, 9.17) is 18.7 Å². The highest BCUT2D eigenvalue weighted by atomic mass is 16.5. The van der Waals surface area contributed by atoms with E-state index in [1.165, 1.54) is 32.4 Å². The molecule has 1 aromatic carbocycles. The van der Waals surface area contributed by atoms with Crippen LogP contribution in [0.25, 0.3) is 0 Å². The molecule has 1 saturated heterocycles. The molecule has 0 bridgehead atoms. The first kappa shape index (κ1) is 22.6. The van der Waals surface area contributed by atoms with Crippen molar-refractivity contribution in [1.29, 1.82) is 0 Å². The number of hydrazine groups is 1. The van der Waals surface area contributed by atoms with Crippen molar-refractivity contribution in [3.8, 4) is 11.5 Å². The number of nitrogens with one attached hydrogen (secondary N) is 2. The normalized spacial score (nSPS) is 15.3. The molecule has 1 aromatic heterocycles. The van der Waals surface area contributed by atoms with Gasteiger partial charge >= 0.3 is 5.97 Å². The molecule has 0 saturated carbocycles. The summed E-state index contributed by atoms with van der Waals surface area (Å²) in [6.45, 7) is 1.02. The van der Waals surface area contributed by atoms with Crippen molar-refractivity contribution in [2.45, 2.75) is 13.3 Å². The number of amides is 3. The molecule has 2 aromatic rings. The number of carbonyl (C=O) groups excluding carboxylic acids is 4. The fourth-order valence-electron chi connectivity index (χ4n) is 2.96. The third kappa shape index (κ3) is 5.53. The molecule has 1 fully saturated rings. The second-order valence-corrected chi connectivity index (χ2v) is 6.93. The first-order valence-corrected chi connectivity index (χ1v) is 9.53. The summed E-state index contributed by atoms with van der Waals surface area (Å²) in [5, 5.41) is 7.05. The topological polar surface area (TPSA) is 149 Å². The highest BCUT2D eigenvalue weighted by molar-refractivity contribution is 5.97. The summed E-state index contributed by atoms with van der Waals surface area (Å²) in [6, 6.07) is 6.08. The van der Waals surface area contributed by atoms with E-state index in [2.05, 4.69) is 15.9 Å². The van der Waals surface area contributed by atoms with E-state index in [-0.39, 0.29) is 24.3 Å². The van der Waals surface area contributed by atoms with Gasteiger partial charge in [-0.2, -0.15) is 0 Å². The molecule has 32 heavy (non-hydrogen) atoms. The Hall–Kier alpha value is -4.09. The molecular weight excluding hydrogens is 424 g/mol. The van der Waals surface area contributed by atoms with Gasteiger partial charge in [0.2, 0.25) is 5.91 Å². The van der Waals surface area contributed by atoms with Gasteiger partial charge in [-0.05, 0) is 19.1 Å². The lowest BCUT2D eigenvalue weighted by atomic mass is 10.1. The Morgan fingerprint density at radius 1 is 1.16 bits per heavy atom. The summed E-state index contributed by atoms with van der Waals surface area (Å²) >= 11 is 0. The molecule has 1 aliphatic heterocycles. The summed E-state index contributed by atoms with van der Waals surface area (Å²) < 4.78 is 20.1. The van der Waals surface area contributed by atoms with Crippen LogP contribution < -0.4 is 20.2 Å². The van der Waals surface area contributed by atoms with Crippen molar-refractivity contribution < 1.29 is 37.9 Å².